The average Bonchev–Trinajstić information content (AvgIpc) is 3.35. The second-order valence-corrected chi connectivity index (χ2v) is 9.12. The second kappa shape index (κ2) is 12.3. The van der Waals surface area contributed by atoms with Crippen molar-refractivity contribution in [1.82, 2.24) is 4.98 Å². The van der Waals surface area contributed by atoms with Crippen LogP contribution in [0.4, 0.5) is 0 Å². The van der Waals surface area contributed by atoms with E-state index in [2.05, 4.69) is 17.1 Å². The lowest BCUT2D eigenvalue weighted by atomic mass is 10.0. The third-order valence-electron chi connectivity index (χ3n) is 6.58. The van der Waals surface area contributed by atoms with Gasteiger partial charge in [-0.05, 0) is 29.2 Å². The van der Waals surface area contributed by atoms with Crippen LogP contribution >= 0.6 is 0 Å². The molecule has 3 aromatic carbocycles. The molecule has 1 aromatic heterocycles. The molecule has 0 bridgehead atoms. The van der Waals surface area contributed by atoms with Gasteiger partial charge in [-0.15, -0.1) is 0 Å². The monoisotopic (exact) mass is 487 g/mol. The first-order chi connectivity index (χ1) is 17.8. The molecule has 0 spiro atoms. The van der Waals surface area contributed by atoms with Gasteiger partial charge in [-0.1, -0.05) is 78.9 Å². The number of aliphatic hydroxyl groups excluding tert-OH is 1. The molecule has 0 unspecified atom stereocenters. The Bertz CT molecular complexity index is 1200. The number of hydrogen-bond donors (Lipinski definition) is 2. The third-order valence-corrected chi connectivity index (χ3v) is 6.58. The quantitative estimate of drug-likeness (QED) is 0.311. The maximum atomic E-state index is 9.92. The van der Waals surface area contributed by atoms with E-state index in [1.54, 1.807) is 0 Å². The first-order valence-corrected chi connectivity index (χ1v) is 12.5. The van der Waals surface area contributed by atoms with Gasteiger partial charge < -0.3 is 29.0 Å². The van der Waals surface area contributed by atoms with E-state index in [1.165, 1.54) is 10.9 Å². The van der Waals surface area contributed by atoms with Crippen molar-refractivity contribution in [1.29, 1.82) is 0 Å². The summed E-state index contributed by atoms with van der Waals surface area (Å²) >= 11 is 0. The van der Waals surface area contributed by atoms with Gasteiger partial charge in [0.2, 0.25) is 0 Å². The zero-order valence-electron chi connectivity index (χ0n) is 20.3. The highest BCUT2D eigenvalue weighted by molar-refractivity contribution is 5.83. The number of benzene rings is 3. The molecule has 1 aliphatic rings. The summed E-state index contributed by atoms with van der Waals surface area (Å²) in [6.07, 6.45) is 1.56. The van der Waals surface area contributed by atoms with Crippen LogP contribution in [0.3, 0.4) is 0 Å². The Labute approximate surface area is 211 Å². The molecular formula is C30H33NO5. The minimum atomic E-state index is -0.648. The fourth-order valence-electron chi connectivity index (χ4n) is 4.66. The zero-order chi connectivity index (χ0) is 24.6. The largest absolute Gasteiger partial charge is 0.394 e. The van der Waals surface area contributed by atoms with Crippen molar-refractivity contribution in [2.24, 2.45) is 0 Å². The molecule has 5 rings (SSSR count). The number of rotatable bonds is 11. The Morgan fingerprint density at radius 3 is 2.19 bits per heavy atom. The van der Waals surface area contributed by atoms with Gasteiger partial charge in [-0.25, -0.2) is 0 Å². The predicted molar refractivity (Wildman–Crippen MR) is 138 cm³/mol. The molecule has 0 radical (unpaired) electrons. The summed E-state index contributed by atoms with van der Waals surface area (Å²) < 4.78 is 25.1. The summed E-state index contributed by atoms with van der Waals surface area (Å²) in [6.45, 7) is 1.24. The van der Waals surface area contributed by atoms with Crippen molar-refractivity contribution in [3.05, 3.63) is 108 Å². The number of H-pyrrole nitrogens is 1. The summed E-state index contributed by atoms with van der Waals surface area (Å²) in [6, 6.07) is 28.4. The third kappa shape index (κ3) is 6.22. The molecule has 0 saturated carbocycles. The van der Waals surface area contributed by atoms with E-state index in [-0.39, 0.29) is 18.8 Å². The van der Waals surface area contributed by atoms with Crippen LogP contribution in [0.25, 0.3) is 10.9 Å². The fraction of sp³-hybridized carbons (Fsp3) is 0.333. The topological polar surface area (TPSA) is 72.9 Å². The fourth-order valence-corrected chi connectivity index (χ4v) is 4.66. The van der Waals surface area contributed by atoms with E-state index < -0.39 is 12.4 Å². The minimum absolute atomic E-state index is 0.0983. The average molecular weight is 488 g/mol. The van der Waals surface area contributed by atoms with Gasteiger partial charge in [-0.2, -0.15) is 0 Å². The van der Waals surface area contributed by atoms with E-state index in [0.717, 1.165) is 23.1 Å². The van der Waals surface area contributed by atoms with Crippen molar-refractivity contribution in [2.75, 3.05) is 13.2 Å². The molecule has 6 nitrogen and oxygen atoms in total. The maximum absolute atomic E-state index is 9.92. The zero-order valence-corrected chi connectivity index (χ0v) is 20.3. The molecule has 2 heterocycles. The molecule has 4 atom stereocenters. The molecule has 2 N–H and O–H groups in total. The number of hydrogen-bond acceptors (Lipinski definition) is 5. The molecule has 188 valence electrons. The highest BCUT2D eigenvalue weighted by atomic mass is 16.7. The van der Waals surface area contributed by atoms with Gasteiger partial charge in [0, 0.05) is 23.5 Å². The number of fused-ring (bicyclic) bond motifs is 1. The number of nitrogens with one attached hydrogen (secondary N) is 1. The van der Waals surface area contributed by atoms with Crippen LogP contribution < -0.4 is 0 Å². The van der Waals surface area contributed by atoms with Gasteiger partial charge in [0.25, 0.3) is 0 Å². The molecule has 4 aromatic rings. The second-order valence-electron chi connectivity index (χ2n) is 9.12. The number of ether oxygens (including phenoxy) is 4. The van der Waals surface area contributed by atoms with Crippen molar-refractivity contribution in [3.8, 4) is 0 Å². The van der Waals surface area contributed by atoms with Gasteiger partial charge in [0.15, 0.2) is 6.29 Å². The summed E-state index contributed by atoms with van der Waals surface area (Å²) in [5.41, 5.74) is 4.46. The first-order valence-electron chi connectivity index (χ1n) is 12.5. The van der Waals surface area contributed by atoms with Crippen LogP contribution in [0.2, 0.25) is 0 Å². The van der Waals surface area contributed by atoms with Crippen LogP contribution in [0, 0.1) is 0 Å². The number of aliphatic hydroxyl groups is 1. The molecule has 1 saturated heterocycles. The van der Waals surface area contributed by atoms with Crippen molar-refractivity contribution in [2.45, 2.75) is 50.7 Å². The maximum Gasteiger partial charge on any atom is 0.186 e. The van der Waals surface area contributed by atoms with Crippen molar-refractivity contribution >= 4 is 10.9 Å². The van der Waals surface area contributed by atoms with Crippen LogP contribution in [0.15, 0.2) is 91.1 Å². The normalized spacial score (nSPS) is 22.1. The van der Waals surface area contributed by atoms with E-state index in [1.807, 2.05) is 79.0 Å². The SMILES string of the molecule is OC[C@@H]1C[C@H](OCc2ccccc2)[C@@H](OCc2ccccc2)[C@H](OCCc2c[nH]c3ccccc23)O1. The van der Waals surface area contributed by atoms with Crippen LogP contribution in [0.1, 0.15) is 23.1 Å². The van der Waals surface area contributed by atoms with Gasteiger partial charge in [0.05, 0.1) is 38.6 Å². The Morgan fingerprint density at radius 1 is 0.806 bits per heavy atom. The van der Waals surface area contributed by atoms with Crippen molar-refractivity contribution < 1.29 is 24.1 Å². The molecule has 1 fully saturated rings. The van der Waals surface area contributed by atoms with E-state index >= 15 is 0 Å². The number of para-hydroxylation sites is 1. The van der Waals surface area contributed by atoms with Crippen molar-refractivity contribution in [3.63, 3.8) is 0 Å². The summed E-state index contributed by atoms with van der Waals surface area (Å²) in [7, 11) is 0. The number of aromatic nitrogens is 1. The lowest BCUT2D eigenvalue weighted by molar-refractivity contribution is -0.291. The molecular weight excluding hydrogens is 454 g/mol. The van der Waals surface area contributed by atoms with Crippen LogP contribution in [-0.4, -0.2) is 47.9 Å². The molecule has 1 aliphatic heterocycles. The van der Waals surface area contributed by atoms with Gasteiger partial charge >= 0.3 is 0 Å². The van der Waals surface area contributed by atoms with E-state index in [9.17, 15) is 5.11 Å². The Morgan fingerprint density at radius 2 is 1.47 bits per heavy atom. The smallest absolute Gasteiger partial charge is 0.186 e. The Balaban J connectivity index is 1.28. The Kier molecular flexibility index (Phi) is 8.43. The van der Waals surface area contributed by atoms with E-state index in [4.69, 9.17) is 18.9 Å². The number of aromatic amines is 1. The molecule has 36 heavy (non-hydrogen) atoms. The highest BCUT2D eigenvalue weighted by Gasteiger charge is 2.41. The van der Waals surface area contributed by atoms with Gasteiger partial charge in [-0.3, -0.25) is 0 Å². The first kappa shape index (κ1) is 24.7. The molecule has 0 amide bonds. The highest BCUT2D eigenvalue weighted by Crippen LogP contribution is 2.28. The summed E-state index contributed by atoms with van der Waals surface area (Å²) in [5, 5.41) is 11.1. The molecule has 6 heteroatoms. The minimum Gasteiger partial charge on any atom is -0.394 e. The standard InChI is InChI=1S/C30H33NO5/c32-19-25-17-28(34-20-22-9-3-1-4-10-22)29(35-21-23-11-5-2-6-12-23)30(36-25)33-16-15-24-18-31-27-14-8-7-13-26(24)27/h1-14,18,25,28-32H,15-17,19-21H2/t25-,28-,29+,30+/m0/s1. The molecule has 0 aliphatic carbocycles. The lowest BCUT2D eigenvalue weighted by Crippen LogP contribution is -2.52. The van der Waals surface area contributed by atoms with Crippen LogP contribution in [-0.2, 0) is 38.6 Å². The predicted octanol–water partition coefficient (Wildman–Crippen LogP) is 5.01. The van der Waals surface area contributed by atoms with E-state index in [0.29, 0.717) is 26.2 Å². The summed E-state index contributed by atoms with van der Waals surface area (Å²) in [5.74, 6) is 0. The Hall–Kier alpha value is -3.00. The summed E-state index contributed by atoms with van der Waals surface area (Å²) in [4.78, 5) is 3.31. The van der Waals surface area contributed by atoms with Gasteiger partial charge in [0.1, 0.15) is 6.10 Å². The lowest BCUT2D eigenvalue weighted by Gasteiger charge is -2.40. The van der Waals surface area contributed by atoms with Crippen LogP contribution in [0.5, 0.6) is 0 Å².